The summed E-state index contributed by atoms with van der Waals surface area (Å²) in [5.41, 5.74) is 1.03. The highest BCUT2D eigenvalue weighted by Crippen LogP contribution is 2.31. The Balaban J connectivity index is 1.48. The fourth-order valence-corrected chi connectivity index (χ4v) is 6.56. The second kappa shape index (κ2) is 6.61. The highest BCUT2D eigenvalue weighted by atomic mass is 32.2. The first-order chi connectivity index (χ1) is 12.4. The lowest BCUT2D eigenvalue weighted by Gasteiger charge is -2.33. The van der Waals surface area contributed by atoms with Gasteiger partial charge in [-0.05, 0) is 38.5 Å². The highest BCUT2D eigenvalue weighted by molar-refractivity contribution is 7.89. The smallest absolute Gasteiger partial charge is 0.246 e. The maximum atomic E-state index is 13.1. The number of aromatic nitrogens is 2. The van der Waals surface area contributed by atoms with E-state index in [0.717, 1.165) is 32.6 Å². The van der Waals surface area contributed by atoms with Gasteiger partial charge in [0.15, 0.2) is 0 Å². The van der Waals surface area contributed by atoms with Crippen molar-refractivity contribution in [1.82, 2.24) is 24.7 Å². The van der Waals surface area contributed by atoms with Crippen LogP contribution in [0, 0.1) is 31.6 Å². The number of amides is 1. The van der Waals surface area contributed by atoms with Crippen molar-refractivity contribution in [2.24, 2.45) is 17.8 Å². The minimum Gasteiger partial charge on any atom is -0.342 e. The van der Waals surface area contributed by atoms with E-state index in [1.807, 2.05) is 4.90 Å². The minimum absolute atomic E-state index is 0.125. The van der Waals surface area contributed by atoms with Gasteiger partial charge in [-0.1, -0.05) is 0 Å². The van der Waals surface area contributed by atoms with Gasteiger partial charge in [-0.25, -0.2) is 8.42 Å². The first-order valence-electron chi connectivity index (χ1n) is 9.39. The molecule has 1 aromatic rings. The number of fused-ring (bicyclic) bond motifs is 1. The van der Waals surface area contributed by atoms with Gasteiger partial charge >= 0.3 is 0 Å². The summed E-state index contributed by atoms with van der Waals surface area (Å²) < 4.78 is 27.6. The van der Waals surface area contributed by atoms with Crippen LogP contribution in [-0.4, -0.2) is 73.0 Å². The summed E-state index contributed by atoms with van der Waals surface area (Å²) >= 11 is 0. The average molecular weight is 382 g/mol. The van der Waals surface area contributed by atoms with Gasteiger partial charge in [-0.3, -0.25) is 9.89 Å². The lowest BCUT2D eigenvalue weighted by molar-refractivity contribution is -0.135. The fraction of sp³-hybridized carbons (Fsp3) is 0.765. The number of carbonyl (C=O) groups excluding carboxylic acids is 1. The van der Waals surface area contributed by atoms with E-state index in [4.69, 9.17) is 0 Å². The molecule has 2 N–H and O–H groups in total. The monoisotopic (exact) mass is 381 g/mol. The minimum atomic E-state index is -3.63. The van der Waals surface area contributed by atoms with Crippen LogP contribution >= 0.6 is 0 Å². The summed E-state index contributed by atoms with van der Waals surface area (Å²) in [7, 11) is -3.63. The largest absolute Gasteiger partial charge is 0.342 e. The van der Waals surface area contributed by atoms with Crippen molar-refractivity contribution in [3.63, 3.8) is 0 Å². The summed E-state index contributed by atoms with van der Waals surface area (Å²) in [6.07, 6.45) is 1.48. The third-order valence-corrected chi connectivity index (χ3v) is 8.22. The molecular formula is C17H27N5O3S. The van der Waals surface area contributed by atoms with Gasteiger partial charge in [0.05, 0.1) is 17.3 Å². The molecular weight excluding hydrogens is 354 g/mol. The van der Waals surface area contributed by atoms with E-state index in [0.29, 0.717) is 36.2 Å². The lowest BCUT2D eigenvalue weighted by Crippen LogP contribution is -2.46. The third kappa shape index (κ3) is 2.95. The molecule has 0 radical (unpaired) electrons. The first kappa shape index (κ1) is 17.9. The van der Waals surface area contributed by atoms with Crippen LogP contribution in [0.1, 0.15) is 24.2 Å². The molecule has 144 valence electrons. The van der Waals surface area contributed by atoms with Crippen LogP contribution in [0.25, 0.3) is 0 Å². The molecule has 0 aromatic carbocycles. The Labute approximate surface area is 154 Å². The van der Waals surface area contributed by atoms with E-state index in [9.17, 15) is 13.2 Å². The number of hydrogen-bond donors (Lipinski definition) is 2. The van der Waals surface area contributed by atoms with E-state index < -0.39 is 10.0 Å². The molecule has 1 aromatic heterocycles. The molecule has 3 aliphatic heterocycles. The lowest BCUT2D eigenvalue weighted by atomic mass is 9.98. The number of carbonyl (C=O) groups is 1. The number of aryl methyl sites for hydroxylation is 2. The molecule has 4 rings (SSSR count). The van der Waals surface area contributed by atoms with Crippen molar-refractivity contribution >= 4 is 15.9 Å². The highest BCUT2D eigenvalue weighted by Gasteiger charge is 2.42. The van der Waals surface area contributed by atoms with Gasteiger partial charge in [0.2, 0.25) is 15.9 Å². The number of sulfonamides is 1. The van der Waals surface area contributed by atoms with E-state index in [-0.39, 0.29) is 23.3 Å². The van der Waals surface area contributed by atoms with E-state index in [2.05, 4.69) is 15.5 Å². The van der Waals surface area contributed by atoms with Crippen molar-refractivity contribution in [3.05, 3.63) is 11.4 Å². The molecule has 3 atom stereocenters. The number of hydrogen-bond acceptors (Lipinski definition) is 5. The Morgan fingerprint density at radius 3 is 2.46 bits per heavy atom. The molecule has 0 spiro atoms. The Morgan fingerprint density at radius 2 is 1.85 bits per heavy atom. The fourth-order valence-electron chi connectivity index (χ4n) is 4.71. The van der Waals surface area contributed by atoms with Crippen LogP contribution in [-0.2, 0) is 14.8 Å². The van der Waals surface area contributed by atoms with Crippen molar-refractivity contribution in [2.45, 2.75) is 31.6 Å². The van der Waals surface area contributed by atoms with E-state index in [1.165, 1.54) is 4.31 Å². The van der Waals surface area contributed by atoms with E-state index in [1.54, 1.807) is 13.8 Å². The Hall–Kier alpha value is -1.45. The van der Waals surface area contributed by atoms with Gasteiger partial charge in [-0.15, -0.1) is 0 Å². The maximum absolute atomic E-state index is 13.1. The molecule has 3 saturated heterocycles. The number of aromatic amines is 1. The molecule has 0 aliphatic carbocycles. The molecule has 0 bridgehead atoms. The normalized spacial score (nSPS) is 29.9. The molecule has 9 heteroatoms. The molecule has 0 saturated carbocycles. The Bertz CT molecular complexity index is 774. The summed E-state index contributed by atoms with van der Waals surface area (Å²) in [6, 6.07) is 0. The van der Waals surface area contributed by atoms with Gasteiger partial charge in [0.1, 0.15) is 4.90 Å². The zero-order chi connectivity index (χ0) is 18.5. The SMILES string of the molecule is Cc1n[nH]c(C)c1S(=O)(=O)N1CCCC(C(=O)N2C[C@H]3CNC[C@H]3C2)C1. The zero-order valence-corrected chi connectivity index (χ0v) is 16.2. The summed E-state index contributed by atoms with van der Waals surface area (Å²) in [6.45, 7) is 7.73. The van der Waals surface area contributed by atoms with Crippen molar-refractivity contribution in [1.29, 1.82) is 0 Å². The van der Waals surface area contributed by atoms with Gasteiger partial charge in [0, 0.05) is 39.3 Å². The summed E-state index contributed by atoms with van der Waals surface area (Å²) in [4.78, 5) is 15.2. The summed E-state index contributed by atoms with van der Waals surface area (Å²) in [5, 5.41) is 10.1. The maximum Gasteiger partial charge on any atom is 0.246 e. The molecule has 26 heavy (non-hydrogen) atoms. The molecule has 4 heterocycles. The van der Waals surface area contributed by atoms with Crippen LogP contribution < -0.4 is 5.32 Å². The molecule has 3 aliphatic rings. The van der Waals surface area contributed by atoms with E-state index >= 15 is 0 Å². The topological polar surface area (TPSA) is 98.4 Å². The number of nitrogens with one attached hydrogen (secondary N) is 2. The molecule has 3 fully saturated rings. The number of likely N-dealkylation sites (tertiary alicyclic amines) is 1. The molecule has 1 unspecified atom stereocenters. The van der Waals surface area contributed by atoms with Crippen LogP contribution in [0.4, 0.5) is 0 Å². The second-order valence-corrected chi connectivity index (χ2v) is 9.76. The zero-order valence-electron chi connectivity index (χ0n) is 15.4. The molecule has 8 nitrogen and oxygen atoms in total. The van der Waals surface area contributed by atoms with Gasteiger partial charge in [0.25, 0.3) is 0 Å². The predicted molar refractivity (Wildman–Crippen MR) is 96.0 cm³/mol. The van der Waals surface area contributed by atoms with Gasteiger partial charge < -0.3 is 10.2 Å². The van der Waals surface area contributed by atoms with Crippen LogP contribution in [0.5, 0.6) is 0 Å². The van der Waals surface area contributed by atoms with Crippen LogP contribution in [0.15, 0.2) is 4.90 Å². The Morgan fingerprint density at radius 1 is 1.15 bits per heavy atom. The first-order valence-corrected chi connectivity index (χ1v) is 10.8. The quantitative estimate of drug-likeness (QED) is 0.774. The van der Waals surface area contributed by atoms with Crippen LogP contribution in [0.3, 0.4) is 0 Å². The van der Waals surface area contributed by atoms with Gasteiger partial charge in [-0.2, -0.15) is 9.40 Å². The standard InChI is InChI=1S/C17H27N5O3S/c1-11-16(12(2)20-19-11)26(24,25)22-5-3-4-13(10-22)17(23)21-8-14-6-18-7-15(14)9-21/h13-15,18H,3-10H2,1-2H3,(H,19,20)/t13?,14-,15+. The number of piperidine rings is 1. The number of H-pyrrole nitrogens is 1. The van der Waals surface area contributed by atoms with Crippen molar-refractivity contribution < 1.29 is 13.2 Å². The average Bonchev–Trinajstić information content (AvgIpc) is 3.29. The number of rotatable bonds is 3. The number of nitrogens with zero attached hydrogens (tertiary/aromatic N) is 3. The summed E-state index contributed by atoms with van der Waals surface area (Å²) in [5.74, 6) is 0.995. The predicted octanol–water partition coefficient (Wildman–Crippen LogP) is 0.105. The Kier molecular flexibility index (Phi) is 4.56. The van der Waals surface area contributed by atoms with Crippen LogP contribution in [0.2, 0.25) is 0 Å². The second-order valence-electron chi connectivity index (χ2n) is 7.89. The molecule has 1 amide bonds. The van der Waals surface area contributed by atoms with Crippen molar-refractivity contribution in [2.75, 3.05) is 39.3 Å². The third-order valence-electron chi connectivity index (χ3n) is 6.09. The van der Waals surface area contributed by atoms with Crippen molar-refractivity contribution in [3.8, 4) is 0 Å².